The van der Waals surface area contributed by atoms with Crippen LogP contribution >= 0.6 is 0 Å². The summed E-state index contributed by atoms with van der Waals surface area (Å²) in [7, 11) is 0. The fourth-order valence-electron chi connectivity index (χ4n) is 4.94. The fourth-order valence-corrected chi connectivity index (χ4v) is 4.94. The number of carbonyl (C=O) groups excluding carboxylic acids is 1. The lowest BCUT2D eigenvalue weighted by molar-refractivity contribution is -0.0980. The number of piperidine rings is 1. The van der Waals surface area contributed by atoms with Gasteiger partial charge in [-0.25, -0.2) is 9.37 Å². The highest BCUT2D eigenvalue weighted by Crippen LogP contribution is 2.29. The lowest BCUT2D eigenvalue weighted by Crippen LogP contribution is -2.50. The Morgan fingerprint density at radius 2 is 1.65 bits per heavy atom. The van der Waals surface area contributed by atoms with Crippen molar-refractivity contribution < 1.29 is 14.3 Å². The molecule has 9 heteroatoms. The van der Waals surface area contributed by atoms with Gasteiger partial charge >= 0.3 is 0 Å². The highest BCUT2D eigenvalue weighted by molar-refractivity contribution is 5.62. The van der Waals surface area contributed by atoms with Crippen molar-refractivity contribution >= 4 is 35.6 Å². The van der Waals surface area contributed by atoms with Crippen LogP contribution in [0.1, 0.15) is 31.2 Å². The normalized spacial score (nSPS) is 17.1. The quantitative estimate of drug-likeness (QED) is 0.426. The first-order valence-corrected chi connectivity index (χ1v) is 12.7. The number of hydrogen-bond donors (Lipinski definition) is 3. The SMILES string of the molecule is C=O.Cc1cc(Nc2ccnc(Nc3ccc(N4CCC(O)(CN5CCCC5)CC4)cc3)n2)ccc1F. The Hall–Kier alpha value is -3.56. The molecule has 0 bridgehead atoms. The van der Waals surface area contributed by atoms with Gasteiger partial charge in [0.05, 0.1) is 5.60 Å². The zero-order valence-electron chi connectivity index (χ0n) is 21.3. The van der Waals surface area contributed by atoms with Gasteiger partial charge in [-0.15, -0.1) is 0 Å². The summed E-state index contributed by atoms with van der Waals surface area (Å²) in [5, 5.41) is 17.5. The smallest absolute Gasteiger partial charge is 0.229 e. The Balaban J connectivity index is 0.00000156. The van der Waals surface area contributed by atoms with Gasteiger partial charge in [0.1, 0.15) is 18.4 Å². The van der Waals surface area contributed by atoms with Gasteiger partial charge < -0.3 is 30.3 Å². The molecule has 5 rings (SSSR count). The summed E-state index contributed by atoms with van der Waals surface area (Å²) in [5.74, 6) is 0.873. The third kappa shape index (κ3) is 7.02. The summed E-state index contributed by atoms with van der Waals surface area (Å²) in [5.41, 5.74) is 2.83. The number of β-amino-alcohol motifs (C(OH)–C–C–N with tert-alkyl or cyclic N) is 1. The summed E-state index contributed by atoms with van der Waals surface area (Å²) >= 11 is 0. The molecule has 8 nitrogen and oxygen atoms in total. The molecule has 3 N–H and O–H groups in total. The zero-order valence-corrected chi connectivity index (χ0v) is 21.3. The van der Waals surface area contributed by atoms with Crippen molar-refractivity contribution in [3.05, 3.63) is 66.1 Å². The maximum atomic E-state index is 13.5. The maximum absolute atomic E-state index is 13.5. The molecule has 3 heterocycles. The largest absolute Gasteiger partial charge is 0.388 e. The zero-order chi connectivity index (χ0) is 26.3. The van der Waals surface area contributed by atoms with Gasteiger partial charge in [0.2, 0.25) is 5.95 Å². The van der Waals surface area contributed by atoms with Crippen LogP contribution < -0.4 is 15.5 Å². The number of likely N-dealkylation sites (tertiary alicyclic amines) is 1. The molecule has 196 valence electrons. The van der Waals surface area contributed by atoms with Gasteiger partial charge in [0.15, 0.2) is 0 Å². The summed E-state index contributed by atoms with van der Waals surface area (Å²) < 4.78 is 13.5. The van der Waals surface area contributed by atoms with Gasteiger partial charge in [-0.05, 0) is 99.8 Å². The van der Waals surface area contributed by atoms with Crippen molar-refractivity contribution in [3.63, 3.8) is 0 Å². The lowest BCUT2D eigenvalue weighted by Gasteiger charge is -2.41. The van der Waals surface area contributed by atoms with Crippen molar-refractivity contribution in [1.82, 2.24) is 14.9 Å². The Morgan fingerprint density at radius 1 is 0.973 bits per heavy atom. The fraction of sp³-hybridized carbons (Fsp3) is 0.393. The first-order chi connectivity index (χ1) is 18.0. The molecule has 2 aromatic carbocycles. The Bertz CT molecular complexity index is 1160. The van der Waals surface area contributed by atoms with E-state index in [9.17, 15) is 9.50 Å². The number of nitrogens with zero attached hydrogens (tertiary/aromatic N) is 4. The molecular weight excluding hydrogens is 471 g/mol. The minimum atomic E-state index is -0.564. The number of anilines is 5. The molecule has 3 aromatic rings. The average Bonchev–Trinajstić information content (AvgIpc) is 3.41. The minimum Gasteiger partial charge on any atom is -0.388 e. The molecule has 0 aliphatic carbocycles. The topological polar surface area (TPSA) is 93.6 Å². The number of benzene rings is 2. The number of nitrogens with one attached hydrogen (secondary N) is 2. The van der Waals surface area contributed by atoms with E-state index in [0.29, 0.717) is 17.3 Å². The number of carbonyl (C=O) groups is 1. The second kappa shape index (κ2) is 12.1. The van der Waals surface area contributed by atoms with Crippen LogP contribution in [0.3, 0.4) is 0 Å². The summed E-state index contributed by atoms with van der Waals surface area (Å²) in [6.45, 7) is 8.49. The standard InChI is InChI=1S/C27H33FN6O.CH2O/c1-20-18-22(6-9-24(20)28)30-25-10-13-29-26(32-25)31-21-4-7-23(8-5-21)34-16-11-27(35,12-17-34)19-33-14-2-3-15-33;1-2/h4-10,13,18,35H,2-3,11-12,14-17,19H2,1H3,(H2,29,30,31,32);1H2. The van der Waals surface area contributed by atoms with E-state index in [-0.39, 0.29) is 5.82 Å². The maximum Gasteiger partial charge on any atom is 0.229 e. The number of aliphatic hydroxyl groups is 1. The minimum absolute atomic E-state index is 0.230. The molecule has 2 aliphatic rings. The van der Waals surface area contributed by atoms with Crippen molar-refractivity contribution in [2.24, 2.45) is 0 Å². The van der Waals surface area contributed by atoms with Crippen LogP contribution in [0.15, 0.2) is 54.7 Å². The van der Waals surface area contributed by atoms with Crippen LogP contribution in [0, 0.1) is 12.7 Å². The summed E-state index contributed by atoms with van der Waals surface area (Å²) in [4.78, 5) is 21.6. The molecule has 37 heavy (non-hydrogen) atoms. The molecule has 2 aliphatic heterocycles. The van der Waals surface area contributed by atoms with E-state index < -0.39 is 5.60 Å². The molecule has 0 radical (unpaired) electrons. The van der Waals surface area contributed by atoms with Crippen LogP contribution in [0.25, 0.3) is 0 Å². The molecule has 0 amide bonds. The lowest BCUT2D eigenvalue weighted by atomic mass is 9.90. The molecule has 0 spiro atoms. The predicted molar refractivity (Wildman–Crippen MR) is 145 cm³/mol. The van der Waals surface area contributed by atoms with Gasteiger partial charge in [-0.3, -0.25) is 0 Å². The molecule has 1 aromatic heterocycles. The Labute approximate surface area is 217 Å². The van der Waals surface area contributed by atoms with Gasteiger partial charge in [0, 0.05) is 42.9 Å². The molecule has 0 saturated carbocycles. The van der Waals surface area contributed by atoms with E-state index in [2.05, 4.69) is 42.5 Å². The average molecular weight is 507 g/mol. The Morgan fingerprint density at radius 3 is 2.32 bits per heavy atom. The van der Waals surface area contributed by atoms with Gasteiger partial charge in [-0.1, -0.05) is 0 Å². The molecule has 2 saturated heterocycles. The van der Waals surface area contributed by atoms with Crippen molar-refractivity contribution in [2.75, 3.05) is 48.3 Å². The Kier molecular flexibility index (Phi) is 8.68. The highest BCUT2D eigenvalue weighted by atomic mass is 19.1. The monoisotopic (exact) mass is 506 g/mol. The number of rotatable bonds is 7. The molecule has 0 unspecified atom stereocenters. The molecular formula is C28H35FN6O2. The highest BCUT2D eigenvalue weighted by Gasteiger charge is 2.34. The molecule has 0 atom stereocenters. The van der Waals surface area contributed by atoms with Crippen LogP contribution in [-0.4, -0.2) is 65.1 Å². The number of hydrogen-bond acceptors (Lipinski definition) is 8. The van der Waals surface area contributed by atoms with Crippen molar-refractivity contribution in [1.29, 1.82) is 0 Å². The summed E-state index contributed by atoms with van der Waals surface area (Å²) in [6.07, 6.45) is 5.78. The number of aryl methyl sites for hydroxylation is 1. The van der Waals surface area contributed by atoms with Gasteiger partial charge in [-0.2, -0.15) is 4.98 Å². The van der Waals surface area contributed by atoms with E-state index in [1.807, 2.05) is 18.9 Å². The third-order valence-corrected chi connectivity index (χ3v) is 6.99. The van der Waals surface area contributed by atoms with E-state index in [1.54, 1.807) is 31.3 Å². The van der Waals surface area contributed by atoms with Crippen LogP contribution in [0.5, 0.6) is 0 Å². The first-order valence-electron chi connectivity index (χ1n) is 12.7. The molecule has 2 fully saturated rings. The predicted octanol–water partition coefficient (Wildman–Crippen LogP) is 4.65. The van der Waals surface area contributed by atoms with E-state index in [0.717, 1.165) is 62.6 Å². The van der Waals surface area contributed by atoms with Crippen molar-refractivity contribution in [3.8, 4) is 0 Å². The number of halogens is 1. The second-order valence-corrected chi connectivity index (χ2v) is 9.72. The van der Waals surface area contributed by atoms with E-state index in [4.69, 9.17) is 4.79 Å². The van der Waals surface area contributed by atoms with Crippen LogP contribution in [0.2, 0.25) is 0 Å². The second-order valence-electron chi connectivity index (χ2n) is 9.72. The number of aromatic nitrogens is 2. The van der Waals surface area contributed by atoms with Crippen LogP contribution in [-0.2, 0) is 4.79 Å². The first kappa shape index (κ1) is 26.5. The third-order valence-electron chi connectivity index (χ3n) is 6.99. The van der Waals surface area contributed by atoms with E-state index >= 15 is 0 Å². The van der Waals surface area contributed by atoms with Gasteiger partial charge in [0.25, 0.3) is 0 Å². The summed E-state index contributed by atoms with van der Waals surface area (Å²) in [6, 6.07) is 14.9. The van der Waals surface area contributed by atoms with E-state index in [1.165, 1.54) is 18.9 Å². The van der Waals surface area contributed by atoms with Crippen LogP contribution in [0.4, 0.5) is 33.2 Å². The van der Waals surface area contributed by atoms with Crippen molar-refractivity contribution in [2.45, 2.75) is 38.2 Å².